The molecule has 1 fully saturated rings. The quantitative estimate of drug-likeness (QED) is 0.757. The summed E-state index contributed by atoms with van der Waals surface area (Å²) < 4.78 is 0. The minimum absolute atomic E-state index is 0.0463. The molecule has 2 heterocycles. The van der Waals surface area contributed by atoms with Gasteiger partial charge in [-0.15, -0.1) is 0 Å². The largest absolute Gasteiger partial charge is 0.338 e. The van der Waals surface area contributed by atoms with Gasteiger partial charge in [-0.3, -0.25) is 0 Å². The molecule has 2 N–H and O–H groups in total. The Hall–Kier alpha value is -1.07. The van der Waals surface area contributed by atoms with Gasteiger partial charge in [0.15, 0.2) is 0 Å². The highest BCUT2D eigenvalue weighted by Gasteiger charge is 2.15. The highest BCUT2D eigenvalue weighted by atomic mass is 32.1. The van der Waals surface area contributed by atoms with Crippen LogP contribution in [0, 0.1) is 5.92 Å². The number of carbonyl (C=O) groups is 1. The summed E-state index contributed by atoms with van der Waals surface area (Å²) in [4.78, 5) is 14.4. The molecular weight excluding hydrogens is 294 g/mol. The fourth-order valence-electron chi connectivity index (χ4n) is 2.88. The summed E-state index contributed by atoms with van der Waals surface area (Å²) in [7, 11) is 0. The van der Waals surface area contributed by atoms with Crippen molar-refractivity contribution in [1.82, 2.24) is 15.5 Å². The Kier molecular flexibility index (Phi) is 7.19. The summed E-state index contributed by atoms with van der Waals surface area (Å²) in [6, 6.07) is 2.23. The van der Waals surface area contributed by atoms with Crippen LogP contribution in [-0.2, 0) is 6.42 Å². The molecule has 1 aromatic rings. The van der Waals surface area contributed by atoms with E-state index in [1.165, 1.54) is 31.5 Å². The number of carbonyl (C=O) groups excluding carboxylic acids is 1. The predicted molar refractivity (Wildman–Crippen MR) is 93.5 cm³/mol. The Morgan fingerprint density at radius 1 is 1.45 bits per heavy atom. The Labute approximate surface area is 138 Å². The van der Waals surface area contributed by atoms with Gasteiger partial charge >= 0.3 is 6.03 Å². The number of rotatable bonds is 7. The van der Waals surface area contributed by atoms with Crippen LogP contribution in [0.4, 0.5) is 4.79 Å². The van der Waals surface area contributed by atoms with Crippen LogP contribution in [0.2, 0.25) is 0 Å². The lowest BCUT2D eigenvalue weighted by Gasteiger charge is -2.30. The van der Waals surface area contributed by atoms with Crippen LogP contribution in [0.15, 0.2) is 16.8 Å². The molecule has 0 spiro atoms. The number of piperidine rings is 1. The van der Waals surface area contributed by atoms with Crippen molar-refractivity contribution in [2.45, 2.75) is 45.6 Å². The summed E-state index contributed by atoms with van der Waals surface area (Å²) in [6.07, 6.45) is 4.55. The van der Waals surface area contributed by atoms with E-state index in [1.54, 1.807) is 11.3 Å². The van der Waals surface area contributed by atoms with Crippen molar-refractivity contribution in [3.05, 3.63) is 22.4 Å². The van der Waals surface area contributed by atoms with Gasteiger partial charge in [0, 0.05) is 12.6 Å². The fraction of sp³-hybridized carbons (Fsp3) is 0.706. The molecule has 124 valence electrons. The number of hydrogen-bond donors (Lipinski definition) is 2. The van der Waals surface area contributed by atoms with Crippen LogP contribution in [0.5, 0.6) is 0 Å². The lowest BCUT2D eigenvalue weighted by atomic mass is 9.99. The van der Waals surface area contributed by atoms with E-state index >= 15 is 0 Å². The van der Waals surface area contributed by atoms with E-state index in [0.717, 1.165) is 31.8 Å². The van der Waals surface area contributed by atoms with Crippen molar-refractivity contribution in [2.75, 3.05) is 26.2 Å². The summed E-state index contributed by atoms with van der Waals surface area (Å²) >= 11 is 1.70. The first-order valence-corrected chi connectivity index (χ1v) is 9.35. The molecule has 0 aliphatic carbocycles. The van der Waals surface area contributed by atoms with Gasteiger partial charge in [-0.25, -0.2) is 4.79 Å². The van der Waals surface area contributed by atoms with Gasteiger partial charge in [0.1, 0.15) is 0 Å². The SMILES string of the molecule is CC1CCN(CCCNC(=O)N[C@@H](C)Cc2ccsc2)CC1. The van der Waals surface area contributed by atoms with Gasteiger partial charge in [-0.1, -0.05) is 6.92 Å². The minimum Gasteiger partial charge on any atom is -0.338 e. The van der Waals surface area contributed by atoms with Crippen molar-refractivity contribution in [2.24, 2.45) is 5.92 Å². The van der Waals surface area contributed by atoms with Crippen molar-refractivity contribution in [1.29, 1.82) is 0 Å². The maximum atomic E-state index is 11.8. The maximum absolute atomic E-state index is 11.8. The number of urea groups is 1. The van der Waals surface area contributed by atoms with Crippen molar-refractivity contribution in [3.63, 3.8) is 0 Å². The molecule has 1 aliphatic rings. The second kappa shape index (κ2) is 9.16. The Balaban J connectivity index is 1.52. The highest BCUT2D eigenvalue weighted by Crippen LogP contribution is 2.15. The molecule has 2 amide bonds. The molecule has 0 bridgehead atoms. The highest BCUT2D eigenvalue weighted by molar-refractivity contribution is 7.07. The molecule has 1 aromatic heterocycles. The van der Waals surface area contributed by atoms with Crippen LogP contribution < -0.4 is 10.6 Å². The van der Waals surface area contributed by atoms with Gasteiger partial charge in [-0.05, 0) is 80.5 Å². The van der Waals surface area contributed by atoms with E-state index in [2.05, 4.69) is 39.3 Å². The normalized spacial score (nSPS) is 18.1. The average Bonchev–Trinajstić information content (AvgIpc) is 2.98. The summed E-state index contributed by atoms with van der Waals surface area (Å²) in [5, 5.41) is 10.2. The molecule has 2 rings (SSSR count). The van der Waals surface area contributed by atoms with Gasteiger partial charge in [0.25, 0.3) is 0 Å². The van der Waals surface area contributed by atoms with Crippen LogP contribution in [-0.4, -0.2) is 43.2 Å². The Morgan fingerprint density at radius 2 is 2.23 bits per heavy atom. The number of nitrogens with one attached hydrogen (secondary N) is 2. The first-order chi connectivity index (χ1) is 10.6. The third-order valence-electron chi connectivity index (χ3n) is 4.31. The van der Waals surface area contributed by atoms with Gasteiger partial charge in [-0.2, -0.15) is 11.3 Å². The Bertz CT molecular complexity index is 427. The number of nitrogens with zero attached hydrogens (tertiary/aromatic N) is 1. The summed E-state index contributed by atoms with van der Waals surface area (Å²) in [5.41, 5.74) is 1.29. The summed E-state index contributed by atoms with van der Waals surface area (Å²) in [6.45, 7) is 8.66. The summed E-state index contributed by atoms with van der Waals surface area (Å²) in [5.74, 6) is 0.880. The van der Waals surface area contributed by atoms with Crippen LogP contribution in [0.3, 0.4) is 0 Å². The van der Waals surface area contributed by atoms with Crippen LogP contribution >= 0.6 is 11.3 Å². The molecule has 1 atom stereocenters. The number of hydrogen-bond acceptors (Lipinski definition) is 3. The maximum Gasteiger partial charge on any atom is 0.315 e. The molecule has 0 aromatic carbocycles. The minimum atomic E-state index is -0.0463. The predicted octanol–water partition coefficient (Wildman–Crippen LogP) is 3.10. The average molecular weight is 324 g/mol. The first-order valence-electron chi connectivity index (χ1n) is 8.41. The van der Waals surface area contributed by atoms with Gasteiger partial charge in [0.2, 0.25) is 0 Å². The van der Waals surface area contributed by atoms with Crippen LogP contribution in [0.25, 0.3) is 0 Å². The van der Waals surface area contributed by atoms with E-state index < -0.39 is 0 Å². The number of thiophene rings is 1. The molecule has 0 radical (unpaired) electrons. The monoisotopic (exact) mass is 323 g/mol. The van der Waals surface area contributed by atoms with Crippen LogP contribution in [0.1, 0.15) is 38.7 Å². The third kappa shape index (κ3) is 6.36. The lowest BCUT2D eigenvalue weighted by molar-refractivity contribution is 0.190. The van der Waals surface area contributed by atoms with Crippen molar-refractivity contribution >= 4 is 17.4 Å². The zero-order chi connectivity index (χ0) is 15.8. The Morgan fingerprint density at radius 3 is 2.91 bits per heavy atom. The molecule has 1 aliphatic heterocycles. The topological polar surface area (TPSA) is 44.4 Å². The van der Waals surface area contributed by atoms with Gasteiger partial charge in [0.05, 0.1) is 0 Å². The molecule has 0 saturated carbocycles. The van der Waals surface area contributed by atoms with E-state index in [-0.39, 0.29) is 12.1 Å². The van der Waals surface area contributed by atoms with E-state index in [9.17, 15) is 4.79 Å². The molecule has 22 heavy (non-hydrogen) atoms. The molecule has 4 nitrogen and oxygen atoms in total. The fourth-order valence-corrected chi connectivity index (χ4v) is 3.56. The second-order valence-electron chi connectivity index (χ2n) is 6.51. The van der Waals surface area contributed by atoms with E-state index in [4.69, 9.17) is 0 Å². The first kappa shape index (κ1) is 17.3. The number of likely N-dealkylation sites (tertiary alicyclic amines) is 1. The third-order valence-corrected chi connectivity index (χ3v) is 5.04. The zero-order valence-electron chi connectivity index (χ0n) is 13.8. The molecule has 5 heteroatoms. The zero-order valence-corrected chi connectivity index (χ0v) is 14.6. The smallest absolute Gasteiger partial charge is 0.315 e. The van der Waals surface area contributed by atoms with Crippen molar-refractivity contribution in [3.8, 4) is 0 Å². The number of amides is 2. The standard InChI is InChI=1S/C17H29N3OS/c1-14-4-9-20(10-5-14)8-3-7-18-17(21)19-15(2)12-16-6-11-22-13-16/h6,11,13-15H,3-5,7-10,12H2,1-2H3,(H2,18,19,21)/t15-/m0/s1. The molecule has 0 unspecified atom stereocenters. The van der Waals surface area contributed by atoms with Gasteiger partial charge < -0.3 is 15.5 Å². The van der Waals surface area contributed by atoms with E-state index in [0.29, 0.717) is 0 Å². The lowest BCUT2D eigenvalue weighted by Crippen LogP contribution is -2.42. The molecule has 1 saturated heterocycles. The van der Waals surface area contributed by atoms with E-state index in [1.807, 2.05) is 6.92 Å². The second-order valence-corrected chi connectivity index (χ2v) is 7.29. The van der Waals surface area contributed by atoms with Crippen molar-refractivity contribution < 1.29 is 4.79 Å². The molecular formula is C17H29N3OS.